The molecule has 0 aliphatic heterocycles. The van der Waals surface area contributed by atoms with Gasteiger partial charge >= 0.3 is 0 Å². The zero-order chi connectivity index (χ0) is 13.0. The lowest BCUT2D eigenvalue weighted by atomic mass is 10.1. The molecular formula is C14H13Br2NO. The molecule has 0 spiro atoms. The van der Waals surface area contributed by atoms with Crippen LogP contribution >= 0.6 is 31.9 Å². The van der Waals surface area contributed by atoms with Crippen LogP contribution in [0.4, 0.5) is 5.69 Å². The van der Waals surface area contributed by atoms with Gasteiger partial charge in [0.25, 0.3) is 0 Å². The normalized spacial score (nSPS) is 12.3. The Morgan fingerprint density at radius 2 is 1.89 bits per heavy atom. The van der Waals surface area contributed by atoms with Crippen LogP contribution in [0.1, 0.15) is 6.42 Å². The van der Waals surface area contributed by atoms with Crippen molar-refractivity contribution in [3.8, 4) is 0 Å². The summed E-state index contributed by atoms with van der Waals surface area (Å²) in [5.74, 6) is -0.00951. The Kier molecular flexibility index (Phi) is 4.78. The highest BCUT2D eigenvalue weighted by Crippen LogP contribution is 2.20. The molecule has 2 rings (SSSR count). The van der Waals surface area contributed by atoms with E-state index in [0.717, 1.165) is 22.8 Å². The molecule has 94 valence electrons. The molecule has 1 N–H and O–H groups in total. The quantitative estimate of drug-likeness (QED) is 0.797. The molecule has 0 bridgehead atoms. The SMILES string of the molecule is O=C(Nc1ccc2ccccc2c1)C(Br)CCBr. The Hall–Kier alpha value is -0.870. The molecule has 0 aliphatic carbocycles. The zero-order valence-corrected chi connectivity index (χ0v) is 12.9. The van der Waals surface area contributed by atoms with Gasteiger partial charge in [-0.05, 0) is 29.3 Å². The van der Waals surface area contributed by atoms with E-state index in [1.807, 2.05) is 36.4 Å². The molecule has 2 aromatic carbocycles. The lowest BCUT2D eigenvalue weighted by molar-refractivity contribution is -0.115. The van der Waals surface area contributed by atoms with Crippen LogP contribution < -0.4 is 5.32 Å². The summed E-state index contributed by atoms with van der Waals surface area (Å²) in [4.78, 5) is 11.7. The first-order valence-electron chi connectivity index (χ1n) is 5.70. The van der Waals surface area contributed by atoms with E-state index < -0.39 is 0 Å². The molecule has 0 heterocycles. The minimum Gasteiger partial charge on any atom is -0.325 e. The van der Waals surface area contributed by atoms with E-state index in [4.69, 9.17) is 0 Å². The van der Waals surface area contributed by atoms with Crippen LogP contribution in [-0.4, -0.2) is 16.1 Å². The number of carbonyl (C=O) groups excluding carboxylic acids is 1. The summed E-state index contributed by atoms with van der Waals surface area (Å²) in [5.41, 5.74) is 0.831. The fraction of sp³-hybridized carbons (Fsp3) is 0.214. The maximum absolute atomic E-state index is 11.9. The summed E-state index contributed by atoms with van der Waals surface area (Å²) in [7, 11) is 0. The predicted octanol–water partition coefficient (Wildman–Crippen LogP) is 4.33. The molecule has 1 amide bonds. The third-order valence-corrected chi connectivity index (χ3v) is 4.00. The Balaban J connectivity index is 2.14. The Morgan fingerprint density at radius 3 is 2.61 bits per heavy atom. The number of benzene rings is 2. The van der Waals surface area contributed by atoms with Gasteiger partial charge in [-0.1, -0.05) is 62.2 Å². The number of alkyl halides is 2. The van der Waals surface area contributed by atoms with Crippen molar-refractivity contribution in [3.63, 3.8) is 0 Å². The van der Waals surface area contributed by atoms with Crippen molar-refractivity contribution in [2.24, 2.45) is 0 Å². The molecule has 0 saturated carbocycles. The number of anilines is 1. The fourth-order valence-corrected chi connectivity index (χ4v) is 3.13. The molecule has 2 nitrogen and oxygen atoms in total. The van der Waals surface area contributed by atoms with Gasteiger partial charge in [0.15, 0.2) is 0 Å². The van der Waals surface area contributed by atoms with Gasteiger partial charge in [-0.3, -0.25) is 4.79 Å². The van der Waals surface area contributed by atoms with Crippen LogP contribution in [0.3, 0.4) is 0 Å². The zero-order valence-electron chi connectivity index (χ0n) is 9.70. The van der Waals surface area contributed by atoms with Gasteiger partial charge in [-0.15, -0.1) is 0 Å². The highest BCUT2D eigenvalue weighted by atomic mass is 79.9. The summed E-state index contributed by atoms with van der Waals surface area (Å²) in [6, 6.07) is 14.0. The molecule has 0 aliphatic rings. The molecule has 18 heavy (non-hydrogen) atoms. The molecule has 0 radical (unpaired) electrons. The molecule has 1 unspecified atom stereocenters. The molecule has 0 fully saturated rings. The maximum Gasteiger partial charge on any atom is 0.238 e. The third-order valence-electron chi connectivity index (χ3n) is 2.66. The van der Waals surface area contributed by atoms with E-state index in [9.17, 15) is 4.79 Å². The average Bonchev–Trinajstić information content (AvgIpc) is 2.39. The Bertz CT molecular complexity index is 556. The highest BCUT2D eigenvalue weighted by molar-refractivity contribution is 9.10. The van der Waals surface area contributed by atoms with Crippen molar-refractivity contribution in [3.05, 3.63) is 42.5 Å². The van der Waals surface area contributed by atoms with Gasteiger partial charge in [0.1, 0.15) is 0 Å². The van der Waals surface area contributed by atoms with E-state index in [2.05, 4.69) is 43.2 Å². The van der Waals surface area contributed by atoms with E-state index in [-0.39, 0.29) is 10.7 Å². The first kappa shape index (κ1) is 13.6. The summed E-state index contributed by atoms with van der Waals surface area (Å²) in [5, 5.41) is 6.01. The molecule has 0 aromatic heterocycles. The number of rotatable bonds is 4. The molecular weight excluding hydrogens is 358 g/mol. The number of hydrogen-bond donors (Lipinski definition) is 1. The lowest BCUT2D eigenvalue weighted by Gasteiger charge is -2.10. The number of carbonyl (C=O) groups is 1. The van der Waals surface area contributed by atoms with Crippen molar-refractivity contribution in [1.82, 2.24) is 0 Å². The van der Waals surface area contributed by atoms with Gasteiger partial charge < -0.3 is 5.32 Å². The van der Waals surface area contributed by atoms with Crippen molar-refractivity contribution in [1.29, 1.82) is 0 Å². The highest BCUT2D eigenvalue weighted by Gasteiger charge is 2.13. The molecule has 1 atom stereocenters. The van der Waals surface area contributed by atoms with Gasteiger partial charge in [-0.2, -0.15) is 0 Å². The number of fused-ring (bicyclic) bond motifs is 1. The molecule has 4 heteroatoms. The average molecular weight is 371 g/mol. The van der Waals surface area contributed by atoms with Crippen LogP contribution in [-0.2, 0) is 4.79 Å². The molecule has 0 saturated heterocycles. The van der Waals surface area contributed by atoms with Crippen LogP contribution in [0.15, 0.2) is 42.5 Å². The summed E-state index contributed by atoms with van der Waals surface area (Å²) in [6.45, 7) is 0. The van der Waals surface area contributed by atoms with Gasteiger partial charge in [-0.25, -0.2) is 0 Å². The fourth-order valence-electron chi connectivity index (χ4n) is 1.71. The summed E-state index contributed by atoms with van der Waals surface area (Å²) in [6.07, 6.45) is 0.763. The molecule has 2 aromatic rings. The van der Waals surface area contributed by atoms with Crippen molar-refractivity contribution >= 4 is 54.2 Å². The van der Waals surface area contributed by atoms with Gasteiger partial charge in [0.05, 0.1) is 4.83 Å². The van der Waals surface area contributed by atoms with Gasteiger partial charge in [0, 0.05) is 11.0 Å². The number of halogens is 2. The number of nitrogens with one attached hydrogen (secondary N) is 1. The predicted molar refractivity (Wildman–Crippen MR) is 83.7 cm³/mol. The minimum absolute atomic E-state index is 0.00951. The second-order valence-corrected chi connectivity index (χ2v) is 5.89. The first-order valence-corrected chi connectivity index (χ1v) is 7.74. The lowest BCUT2D eigenvalue weighted by Crippen LogP contribution is -2.23. The topological polar surface area (TPSA) is 29.1 Å². The monoisotopic (exact) mass is 369 g/mol. The van der Waals surface area contributed by atoms with Gasteiger partial charge in [0.2, 0.25) is 5.91 Å². The Labute approximate surface area is 123 Å². The number of amides is 1. The van der Waals surface area contributed by atoms with Crippen LogP contribution in [0.25, 0.3) is 10.8 Å². The summed E-state index contributed by atoms with van der Waals surface area (Å²) < 4.78 is 0. The van der Waals surface area contributed by atoms with E-state index in [1.54, 1.807) is 0 Å². The van der Waals surface area contributed by atoms with E-state index >= 15 is 0 Å². The van der Waals surface area contributed by atoms with Crippen molar-refractivity contribution in [2.75, 3.05) is 10.6 Å². The van der Waals surface area contributed by atoms with Crippen molar-refractivity contribution in [2.45, 2.75) is 11.2 Å². The standard InChI is InChI=1S/C14H13Br2NO/c15-8-7-13(16)14(18)17-12-6-5-10-3-1-2-4-11(10)9-12/h1-6,9,13H,7-8H2,(H,17,18). The van der Waals surface area contributed by atoms with Crippen LogP contribution in [0.2, 0.25) is 0 Å². The summed E-state index contributed by atoms with van der Waals surface area (Å²) >= 11 is 6.69. The third kappa shape index (κ3) is 3.33. The smallest absolute Gasteiger partial charge is 0.238 e. The van der Waals surface area contributed by atoms with Crippen LogP contribution in [0.5, 0.6) is 0 Å². The minimum atomic E-state index is -0.164. The first-order chi connectivity index (χ1) is 8.70. The second kappa shape index (κ2) is 6.34. The maximum atomic E-state index is 11.9. The van der Waals surface area contributed by atoms with E-state index in [1.165, 1.54) is 5.39 Å². The van der Waals surface area contributed by atoms with Crippen molar-refractivity contribution < 1.29 is 4.79 Å². The second-order valence-electron chi connectivity index (χ2n) is 4.00. The van der Waals surface area contributed by atoms with E-state index in [0.29, 0.717) is 0 Å². The number of hydrogen-bond acceptors (Lipinski definition) is 1. The Morgan fingerprint density at radius 1 is 1.17 bits per heavy atom. The van der Waals surface area contributed by atoms with Crippen LogP contribution in [0, 0.1) is 0 Å². The largest absolute Gasteiger partial charge is 0.325 e.